The third kappa shape index (κ3) is 3.09. The number of hydrogen-bond acceptors (Lipinski definition) is 3. The third-order valence-electron chi connectivity index (χ3n) is 5.68. The van der Waals surface area contributed by atoms with E-state index in [0.29, 0.717) is 23.3 Å². The highest BCUT2D eigenvalue weighted by atomic mass is 19.1. The molecule has 3 aromatic rings. The number of carbonyl (C=O) groups excluding carboxylic acids is 1. The van der Waals surface area contributed by atoms with Crippen LogP contribution in [0.3, 0.4) is 0 Å². The molecule has 1 aliphatic carbocycles. The highest BCUT2D eigenvalue weighted by Crippen LogP contribution is 2.45. The summed E-state index contributed by atoms with van der Waals surface area (Å²) in [6, 6.07) is 13.4. The van der Waals surface area contributed by atoms with E-state index in [9.17, 15) is 14.0 Å². The first-order valence-electron chi connectivity index (χ1n) is 9.57. The Morgan fingerprint density at radius 3 is 2.54 bits per heavy atom. The Balaban J connectivity index is 1.64. The van der Waals surface area contributed by atoms with Crippen molar-refractivity contribution < 1.29 is 9.18 Å². The molecule has 2 aromatic carbocycles. The third-order valence-corrected chi connectivity index (χ3v) is 5.68. The first-order chi connectivity index (χ1) is 13.5. The zero-order valence-electron chi connectivity index (χ0n) is 15.7. The van der Waals surface area contributed by atoms with E-state index in [4.69, 9.17) is 0 Å². The van der Waals surface area contributed by atoms with Crippen LogP contribution in [0.25, 0.3) is 10.9 Å². The van der Waals surface area contributed by atoms with Gasteiger partial charge >= 0.3 is 0 Å². The number of hydrogen-bond donors (Lipinski definition) is 1. The van der Waals surface area contributed by atoms with Gasteiger partial charge in [-0.25, -0.2) is 9.37 Å². The van der Waals surface area contributed by atoms with Crippen molar-refractivity contribution in [2.24, 2.45) is 0 Å². The molecule has 6 heteroatoms. The summed E-state index contributed by atoms with van der Waals surface area (Å²) in [5.41, 5.74) is 0.645. The molecule has 1 N–H and O–H groups in total. The van der Waals surface area contributed by atoms with Crippen molar-refractivity contribution in [1.82, 2.24) is 14.9 Å². The summed E-state index contributed by atoms with van der Waals surface area (Å²) >= 11 is 0. The lowest BCUT2D eigenvalue weighted by atomic mass is 9.63. The summed E-state index contributed by atoms with van der Waals surface area (Å²) < 4.78 is 13.3. The number of nitrogens with zero attached hydrogens (tertiary/aromatic N) is 2. The van der Waals surface area contributed by atoms with Gasteiger partial charge in [-0.2, -0.15) is 0 Å². The predicted molar refractivity (Wildman–Crippen MR) is 105 cm³/mol. The van der Waals surface area contributed by atoms with Gasteiger partial charge in [0.2, 0.25) is 5.91 Å². The molecule has 5 nitrogen and oxygen atoms in total. The molecule has 1 heterocycles. The minimum atomic E-state index is -0.610. The molecule has 28 heavy (non-hydrogen) atoms. The fourth-order valence-corrected chi connectivity index (χ4v) is 3.95. The summed E-state index contributed by atoms with van der Waals surface area (Å²) in [5.74, 6) is 0.159. The van der Waals surface area contributed by atoms with E-state index in [1.807, 2.05) is 13.0 Å². The second-order valence-electron chi connectivity index (χ2n) is 7.29. The first kappa shape index (κ1) is 18.3. The number of benzene rings is 2. The number of aromatic amines is 1. The van der Waals surface area contributed by atoms with Crippen molar-refractivity contribution in [1.29, 1.82) is 0 Å². The topological polar surface area (TPSA) is 66.1 Å². The molecule has 0 bridgehead atoms. The molecule has 1 amide bonds. The lowest BCUT2D eigenvalue weighted by molar-refractivity contribution is -0.141. The van der Waals surface area contributed by atoms with Gasteiger partial charge in [0.1, 0.15) is 11.6 Å². The van der Waals surface area contributed by atoms with E-state index < -0.39 is 5.41 Å². The normalized spacial score (nSPS) is 15.2. The van der Waals surface area contributed by atoms with E-state index in [-0.39, 0.29) is 23.8 Å². The molecule has 0 aliphatic heterocycles. The highest BCUT2D eigenvalue weighted by molar-refractivity contribution is 5.89. The smallest absolute Gasteiger partial charge is 0.258 e. The zero-order valence-corrected chi connectivity index (χ0v) is 15.7. The largest absolute Gasteiger partial charge is 0.335 e. The Bertz CT molecular complexity index is 1070. The number of amides is 1. The van der Waals surface area contributed by atoms with Crippen LogP contribution in [0.4, 0.5) is 4.39 Å². The molecular weight excluding hydrogens is 357 g/mol. The van der Waals surface area contributed by atoms with Crippen LogP contribution in [-0.4, -0.2) is 27.3 Å². The number of fused-ring (bicyclic) bond motifs is 1. The van der Waals surface area contributed by atoms with Crippen molar-refractivity contribution in [3.05, 3.63) is 76.1 Å². The van der Waals surface area contributed by atoms with Crippen molar-refractivity contribution in [2.75, 3.05) is 6.54 Å². The molecule has 4 rings (SSSR count). The number of nitrogens with one attached hydrogen (secondary N) is 1. The van der Waals surface area contributed by atoms with Gasteiger partial charge in [0.15, 0.2) is 0 Å². The Hall–Kier alpha value is -3.02. The van der Waals surface area contributed by atoms with Gasteiger partial charge in [-0.3, -0.25) is 9.59 Å². The second kappa shape index (κ2) is 7.19. The molecule has 0 radical (unpaired) electrons. The zero-order chi connectivity index (χ0) is 19.7. The SMILES string of the molecule is CCN(Cc1nc2ccccc2c(=O)[nH]1)C(=O)C1(c2ccc(F)cc2)CCC1. The maximum absolute atomic E-state index is 13.4. The number of rotatable bonds is 5. The lowest BCUT2D eigenvalue weighted by Gasteiger charge is -2.43. The van der Waals surface area contributed by atoms with Gasteiger partial charge in [-0.05, 0) is 49.6 Å². The summed E-state index contributed by atoms with van der Waals surface area (Å²) in [5, 5.41) is 0.530. The minimum absolute atomic E-state index is 0.00339. The van der Waals surface area contributed by atoms with Crippen LogP contribution in [0, 0.1) is 5.82 Å². The Morgan fingerprint density at radius 2 is 1.89 bits per heavy atom. The van der Waals surface area contributed by atoms with Gasteiger partial charge in [-0.15, -0.1) is 0 Å². The Kier molecular flexibility index (Phi) is 4.71. The lowest BCUT2D eigenvalue weighted by Crippen LogP contribution is -2.51. The molecule has 0 unspecified atom stereocenters. The van der Waals surface area contributed by atoms with Gasteiger partial charge in [0, 0.05) is 6.54 Å². The minimum Gasteiger partial charge on any atom is -0.335 e. The van der Waals surface area contributed by atoms with E-state index in [1.165, 1.54) is 12.1 Å². The van der Waals surface area contributed by atoms with Crippen LogP contribution in [0.5, 0.6) is 0 Å². The highest BCUT2D eigenvalue weighted by Gasteiger charge is 2.47. The van der Waals surface area contributed by atoms with Crippen LogP contribution in [0.15, 0.2) is 53.3 Å². The average molecular weight is 379 g/mol. The fraction of sp³-hybridized carbons (Fsp3) is 0.318. The molecule has 1 fully saturated rings. The molecule has 144 valence electrons. The number of para-hydroxylation sites is 1. The standard InChI is InChI=1S/C22H22FN3O2/c1-2-26(14-19-24-18-7-4-3-6-17(18)20(27)25-19)21(28)22(12-5-13-22)15-8-10-16(23)11-9-15/h3-4,6-11H,2,5,12-14H2,1H3,(H,24,25,27). The molecule has 0 atom stereocenters. The number of likely N-dealkylation sites (N-methyl/N-ethyl adjacent to an activating group) is 1. The van der Waals surface area contributed by atoms with Crippen LogP contribution in [0.2, 0.25) is 0 Å². The molecule has 1 aromatic heterocycles. The molecular formula is C22H22FN3O2. The maximum Gasteiger partial charge on any atom is 0.258 e. The van der Waals surface area contributed by atoms with Crippen LogP contribution in [-0.2, 0) is 16.8 Å². The number of carbonyl (C=O) groups is 1. The van der Waals surface area contributed by atoms with Crippen molar-refractivity contribution in [3.8, 4) is 0 Å². The second-order valence-corrected chi connectivity index (χ2v) is 7.29. The quantitative estimate of drug-likeness (QED) is 0.737. The molecule has 0 saturated heterocycles. The molecule has 1 aliphatic rings. The summed E-state index contributed by atoms with van der Waals surface area (Å²) in [6.07, 6.45) is 2.46. The van der Waals surface area contributed by atoms with Gasteiger partial charge in [0.25, 0.3) is 5.56 Å². The van der Waals surface area contributed by atoms with E-state index in [2.05, 4.69) is 9.97 Å². The number of aromatic nitrogens is 2. The summed E-state index contributed by atoms with van der Waals surface area (Å²) in [6.45, 7) is 2.64. The number of halogens is 1. The van der Waals surface area contributed by atoms with Crippen LogP contribution < -0.4 is 5.56 Å². The predicted octanol–water partition coefficient (Wildman–Crippen LogP) is 3.53. The van der Waals surface area contributed by atoms with Gasteiger partial charge < -0.3 is 9.88 Å². The van der Waals surface area contributed by atoms with Gasteiger partial charge in [0.05, 0.1) is 22.9 Å². The van der Waals surface area contributed by atoms with Crippen molar-refractivity contribution >= 4 is 16.8 Å². The van der Waals surface area contributed by atoms with E-state index >= 15 is 0 Å². The Labute approximate surface area is 162 Å². The Morgan fingerprint density at radius 1 is 1.18 bits per heavy atom. The van der Waals surface area contributed by atoms with E-state index in [0.717, 1.165) is 24.8 Å². The summed E-state index contributed by atoms with van der Waals surface area (Å²) in [4.78, 5) is 34.8. The molecule has 1 saturated carbocycles. The van der Waals surface area contributed by atoms with Crippen molar-refractivity contribution in [2.45, 2.75) is 38.1 Å². The fourth-order valence-electron chi connectivity index (χ4n) is 3.95. The molecule has 0 spiro atoms. The summed E-state index contributed by atoms with van der Waals surface area (Å²) in [7, 11) is 0. The maximum atomic E-state index is 13.4. The van der Waals surface area contributed by atoms with E-state index in [1.54, 1.807) is 35.2 Å². The number of H-pyrrole nitrogens is 1. The van der Waals surface area contributed by atoms with Crippen molar-refractivity contribution in [3.63, 3.8) is 0 Å². The van der Waals surface area contributed by atoms with Crippen LogP contribution in [0.1, 0.15) is 37.6 Å². The van der Waals surface area contributed by atoms with Crippen LogP contribution >= 0.6 is 0 Å². The average Bonchev–Trinajstić information content (AvgIpc) is 2.66. The van der Waals surface area contributed by atoms with Gasteiger partial charge in [-0.1, -0.05) is 30.7 Å². The first-order valence-corrected chi connectivity index (χ1v) is 9.57. The monoisotopic (exact) mass is 379 g/mol.